The second-order valence-corrected chi connectivity index (χ2v) is 10.2. The van der Waals surface area contributed by atoms with Crippen molar-refractivity contribution in [1.82, 2.24) is 0 Å². The fourth-order valence-electron chi connectivity index (χ4n) is 4.27. The van der Waals surface area contributed by atoms with Gasteiger partial charge >= 0.3 is 99.2 Å². The summed E-state index contributed by atoms with van der Waals surface area (Å²) >= 11 is 1.46. The first kappa shape index (κ1) is 31.2. The van der Waals surface area contributed by atoms with Gasteiger partial charge in [0.25, 0.3) is 0 Å². The van der Waals surface area contributed by atoms with Crippen molar-refractivity contribution < 1.29 is 24.2 Å². The van der Waals surface area contributed by atoms with E-state index in [2.05, 4.69) is 147 Å². The van der Waals surface area contributed by atoms with Gasteiger partial charge in [-0.25, -0.2) is 6.08 Å². The van der Waals surface area contributed by atoms with Gasteiger partial charge in [-0.3, -0.25) is 6.08 Å². The van der Waals surface area contributed by atoms with Crippen LogP contribution in [0.5, 0.6) is 0 Å². The molecular formula is C37H38Zr-4. The molecule has 0 aromatic heterocycles. The van der Waals surface area contributed by atoms with E-state index in [0.29, 0.717) is 0 Å². The molecule has 1 aliphatic rings. The molecule has 1 aliphatic carbocycles. The normalized spacial score (nSPS) is 12.1. The Labute approximate surface area is 245 Å². The van der Waals surface area contributed by atoms with E-state index in [9.17, 15) is 0 Å². The molecule has 1 atom stereocenters. The Bertz CT molecular complexity index is 1360. The first-order valence-corrected chi connectivity index (χ1v) is 13.9. The molecule has 0 saturated heterocycles. The summed E-state index contributed by atoms with van der Waals surface area (Å²) in [6.45, 7) is 4.48. The molecule has 5 aromatic rings. The molecular weight excluding hydrogens is 536 g/mol. The number of fused-ring (bicyclic) bond motifs is 3. The Morgan fingerprint density at radius 2 is 1.18 bits per heavy atom. The zero-order valence-corrected chi connectivity index (χ0v) is 25.6. The molecule has 0 saturated carbocycles. The molecule has 0 radical (unpaired) electrons. The minimum atomic E-state index is 0. The molecule has 0 fully saturated rings. The number of hydrogen-bond acceptors (Lipinski definition) is 0. The van der Waals surface area contributed by atoms with E-state index in [1.807, 2.05) is 0 Å². The number of allylic oxidation sites excluding steroid dienone is 4. The molecule has 6 rings (SSSR count). The van der Waals surface area contributed by atoms with Crippen molar-refractivity contribution in [1.29, 1.82) is 0 Å². The first-order valence-electron chi connectivity index (χ1n) is 12.7. The van der Waals surface area contributed by atoms with E-state index in [1.54, 1.807) is 0 Å². The third kappa shape index (κ3) is 8.24. The standard InChI is InChI=1S/C13H9.C13H10.C9H13.2CH3.Zr/c1-3-7-12-10(5-1)9-11-6-2-4-8-13(11)12;1-3-7-12(8-4-1)11-13-9-5-2-6-10-13;1-3-8(2)9-6-4-5-7-9;;;/h1-9H;1-10H;6-8H,3-4H2,1-2H3;2*1H3;/q-1;;3*-1;. The van der Waals surface area contributed by atoms with Crippen LogP contribution in [0.1, 0.15) is 37.8 Å². The SMILES string of the molecule is CCC(C)C1=CC[C-]=C1.[CH3-].[CH3-].[Zr]=[C](c1ccccc1)c1ccccc1.c1ccc2c(c1)[cH-]c1ccccc12. The molecule has 38 heavy (non-hydrogen) atoms. The van der Waals surface area contributed by atoms with Gasteiger partial charge in [-0.05, 0) is 0 Å². The van der Waals surface area contributed by atoms with Crippen molar-refractivity contribution >= 4 is 24.8 Å². The fraction of sp³-hybridized carbons (Fsp3) is 0.135. The maximum Gasteiger partial charge on any atom is -0.0771 e. The van der Waals surface area contributed by atoms with Crippen LogP contribution in [0.25, 0.3) is 21.5 Å². The summed E-state index contributed by atoms with van der Waals surface area (Å²) in [6, 6.07) is 40.4. The van der Waals surface area contributed by atoms with E-state index in [0.717, 1.165) is 12.3 Å². The van der Waals surface area contributed by atoms with Gasteiger partial charge in [-0.15, -0.1) is 46.2 Å². The largest absolute Gasteiger partial charge is 0.126 e. The molecule has 1 unspecified atom stereocenters. The Balaban J connectivity index is 0.000000200. The van der Waals surface area contributed by atoms with Crippen LogP contribution in [0, 0.1) is 26.8 Å². The predicted octanol–water partition coefficient (Wildman–Crippen LogP) is 10.1. The predicted molar refractivity (Wildman–Crippen MR) is 166 cm³/mol. The van der Waals surface area contributed by atoms with Gasteiger partial charge in [0.15, 0.2) is 0 Å². The molecule has 194 valence electrons. The van der Waals surface area contributed by atoms with Crippen LogP contribution in [-0.2, 0) is 24.2 Å². The molecule has 0 heterocycles. The average Bonchev–Trinajstić information content (AvgIpc) is 3.62. The van der Waals surface area contributed by atoms with Gasteiger partial charge in [0.1, 0.15) is 0 Å². The van der Waals surface area contributed by atoms with Crippen molar-refractivity contribution in [2.45, 2.75) is 26.7 Å². The van der Waals surface area contributed by atoms with Crippen LogP contribution in [-0.4, -0.2) is 3.21 Å². The summed E-state index contributed by atoms with van der Waals surface area (Å²) < 4.78 is 1.42. The van der Waals surface area contributed by atoms with Gasteiger partial charge in [-0.2, -0.15) is 11.6 Å². The van der Waals surface area contributed by atoms with Crippen LogP contribution in [0.4, 0.5) is 0 Å². The van der Waals surface area contributed by atoms with Crippen LogP contribution in [0.2, 0.25) is 0 Å². The fourth-order valence-corrected chi connectivity index (χ4v) is 5.09. The van der Waals surface area contributed by atoms with Crippen molar-refractivity contribution in [3.63, 3.8) is 0 Å². The summed E-state index contributed by atoms with van der Waals surface area (Å²) in [6.07, 6.45) is 9.81. The second-order valence-electron chi connectivity index (χ2n) is 8.99. The van der Waals surface area contributed by atoms with Gasteiger partial charge in [0.2, 0.25) is 0 Å². The summed E-state index contributed by atoms with van der Waals surface area (Å²) in [5.74, 6) is 0.736. The zero-order valence-electron chi connectivity index (χ0n) is 23.1. The smallest absolute Gasteiger partial charge is 0.0771 e. The molecule has 0 spiro atoms. The number of benzene rings is 4. The topological polar surface area (TPSA) is 0 Å². The Kier molecular flexibility index (Phi) is 13.2. The summed E-state index contributed by atoms with van der Waals surface area (Å²) in [4.78, 5) is 0. The first-order chi connectivity index (χ1) is 17.7. The summed E-state index contributed by atoms with van der Waals surface area (Å²) in [5, 5.41) is 5.39. The van der Waals surface area contributed by atoms with Gasteiger partial charge in [0.05, 0.1) is 0 Å². The van der Waals surface area contributed by atoms with Crippen molar-refractivity contribution in [3.05, 3.63) is 165 Å². The minimum absolute atomic E-state index is 0. The second kappa shape index (κ2) is 16.1. The third-order valence-corrected chi connectivity index (χ3v) is 7.97. The Morgan fingerprint density at radius 1 is 0.737 bits per heavy atom. The molecule has 0 nitrogen and oxygen atoms in total. The quantitative estimate of drug-likeness (QED) is 0.188. The van der Waals surface area contributed by atoms with E-state index in [4.69, 9.17) is 0 Å². The molecule has 0 aliphatic heterocycles. The van der Waals surface area contributed by atoms with Crippen molar-refractivity contribution in [2.24, 2.45) is 5.92 Å². The van der Waals surface area contributed by atoms with Gasteiger partial charge in [0, 0.05) is 0 Å². The summed E-state index contributed by atoms with van der Waals surface area (Å²) in [5.41, 5.74) is 4.13. The maximum absolute atomic E-state index is 3.17. The van der Waals surface area contributed by atoms with Crippen molar-refractivity contribution in [2.75, 3.05) is 0 Å². The van der Waals surface area contributed by atoms with E-state index in [1.165, 1.54) is 72.1 Å². The molecule has 5 aromatic carbocycles. The minimum Gasteiger partial charge on any atom is -0.126 e. The van der Waals surface area contributed by atoms with Crippen LogP contribution >= 0.6 is 0 Å². The van der Waals surface area contributed by atoms with Gasteiger partial charge in [-0.1, -0.05) is 62.6 Å². The van der Waals surface area contributed by atoms with E-state index < -0.39 is 0 Å². The summed E-state index contributed by atoms with van der Waals surface area (Å²) in [7, 11) is 0. The zero-order chi connectivity index (χ0) is 25.2. The number of rotatable bonds is 4. The molecule has 0 bridgehead atoms. The van der Waals surface area contributed by atoms with Crippen molar-refractivity contribution in [3.8, 4) is 0 Å². The van der Waals surface area contributed by atoms with E-state index in [-0.39, 0.29) is 14.9 Å². The Morgan fingerprint density at radius 3 is 1.61 bits per heavy atom. The van der Waals surface area contributed by atoms with Gasteiger partial charge < -0.3 is 14.9 Å². The van der Waals surface area contributed by atoms with Crippen LogP contribution in [0.15, 0.2) is 133 Å². The van der Waals surface area contributed by atoms with E-state index >= 15 is 0 Å². The monoisotopic (exact) mass is 572 g/mol. The Hall–Kier alpha value is -3.02. The molecule has 1 heteroatoms. The maximum atomic E-state index is 3.17. The molecule has 0 N–H and O–H groups in total. The van der Waals surface area contributed by atoms with Crippen LogP contribution in [0.3, 0.4) is 0 Å². The molecule has 0 amide bonds. The number of hydrogen-bond donors (Lipinski definition) is 0. The average molecular weight is 574 g/mol. The van der Waals surface area contributed by atoms with Crippen LogP contribution < -0.4 is 0 Å². The third-order valence-electron chi connectivity index (χ3n) is 6.55.